The number of ether oxygens (including phenoxy) is 1. The van der Waals surface area contributed by atoms with E-state index in [-0.39, 0.29) is 22.4 Å². The molecule has 0 fully saturated rings. The smallest absolute Gasteiger partial charge is 0.336 e. The molecule has 29 heavy (non-hydrogen) atoms. The van der Waals surface area contributed by atoms with Gasteiger partial charge in [-0.15, -0.1) is 0 Å². The van der Waals surface area contributed by atoms with Gasteiger partial charge in [0, 0.05) is 10.8 Å². The highest BCUT2D eigenvalue weighted by molar-refractivity contribution is 6.09. The van der Waals surface area contributed by atoms with Crippen molar-refractivity contribution in [2.24, 2.45) is 0 Å². The topological polar surface area (TPSA) is 101 Å². The number of hydrogen-bond acceptors (Lipinski definition) is 4. The Kier molecular flexibility index (Phi) is 4.44. The zero-order valence-corrected chi connectivity index (χ0v) is 15.0. The maximum Gasteiger partial charge on any atom is 0.336 e. The summed E-state index contributed by atoms with van der Waals surface area (Å²) in [5, 5.41) is 20.9. The molecule has 0 unspecified atom stereocenters. The summed E-state index contributed by atoms with van der Waals surface area (Å²) in [5.74, 6) is -1.62. The van der Waals surface area contributed by atoms with Crippen LogP contribution in [0.3, 0.4) is 0 Å². The standard InChI is InChI=1S/C23H14O6/c24-12-13-11-19(23(27)28)15-6-2-4-8-17(15)21(13)29-20-10-9-18(22(25)26)14-5-1-3-7-16(14)20/h1-12H,(H,25,26)(H,27,28). The molecule has 0 atom stereocenters. The van der Waals surface area contributed by atoms with Gasteiger partial charge in [-0.2, -0.15) is 0 Å². The van der Waals surface area contributed by atoms with Gasteiger partial charge in [-0.3, -0.25) is 4.79 Å². The molecular formula is C23H14O6. The summed E-state index contributed by atoms with van der Waals surface area (Å²) >= 11 is 0. The number of rotatable bonds is 5. The van der Waals surface area contributed by atoms with Gasteiger partial charge in [-0.05, 0) is 29.0 Å². The molecule has 4 aromatic carbocycles. The van der Waals surface area contributed by atoms with E-state index in [0.29, 0.717) is 33.6 Å². The fourth-order valence-corrected chi connectivity index (χ4v) is 3.41. The molecule has 0 aliphatic heterocycles. The van der Waals surface area contributed by atoms with Crippen LogP contribution in [0.25, 0.3) is 21.5 Å². The average molecular weight is 386 g/mol. The second-order valence-corrected chi connectivity index (χ2v) is 6.38. The molecule has 0 aliphatic rings. The zero-order valence-electron chi connectivity index (χ0n) is 15.0. The highest BCUT2D eigenvalue weighted by Crippen LogP contribution is 2.38. The number of carbonyl (C=O) groups is 3. The molecule has 2 N–H and O–H groups in total. The highest BCUT2D eigenvalue weighted by Gasteiger charge is 2.19. The second kappa shape index (κ2) is 7.09. The zero-order chi connectivity index (χ0) is 20.5. The lowest BCUT2D eigenvalue weighted by atomic mass is 9.99. The Bertz CT molecular complexity index is 1310. The van der Waals surface area contributed by atoms with Crippen LogP contribution in [-0.4, -0.2) is 28.4 Å². The molecule has 0 spiro atoms. The molecule has 0 aliphatic carbocycles. The SMILES string of the molecule is O=Cc1cc(C(=O)O)c2ccccc2c1Oc1ccc(C(=O)O)c2ccccc12. The molecule has 142 valence electrons. The fraction of sp³-hybridized carbons (Fsp3) is 0. The molecule has 6 heteroatoms. The first kappa shape index (κ1) is 18.2. The lowest BCUT2D eigenvalue weighted by molar-refractivity contribution is 0.0688. The summed E-state index contributed by atoms with van der Waals surface area (Å²) < 4.78 is 6.08. The van der Waals surface area contributed by atoms with E-state index >= 15 is 0 Å². The van der Waals surface area contributed by atoms with Crippen LogP contribution in [-0.2, 0) is 0 Å². The number of carboxylic acid groups (broad SMARTS) is 2. The molecule has 0 heterocycles. The fourth-order valence-electron chi connectivity index (χ4n) is 3.41. The van der Waals surface area contributed by atoms with Crippen molar-refractivity contribution in [1.82, 2.24) is 0 Å². The Morgan fingerprint density at radius 1 is 0.724 bits per heavy atom. The predicted octanol–water partition coefficient (Wildman–Crippen LogP) is 4.99. The molecule has 4 aromatic rings. The van der Waals surface area contributed by atoms with Crippen LogP contribution >= 0.6 is 0 Å². The summed E-state index contributed by atoms with van der Waals surface area (Å²) in [6.07, 6.45) is 0.544. The largest absolute Gasteiger partial charge is 0.478 e. The first-order valence-corrected chi connectivity index (χ1v) is 8.68. The van der Waals surface area contributed by atoms with Crippen molar-refractivity contribution in [3.63, 3.8) is 0 Å². The minimum absolute atomic E-state index is 0.00105. The Balaban J connectivity index is 1.97. The van der Waals surface area contributed by atoms with Crippen LogP contribution in [0.5, 0.6) is 11.5 Å². The number of carboxylic acids is 2. The molecule has 0 radical (unpaired) electrons. The Morgan fingerprint density at radius 3 is 1.86 bits per heavy atom. The quantitative estimate of drug-likeness (QED) is 0.469. The maximum atomic E-state index is 11.7. The summed E-state index contributed by atoms with van der Waals surface area (Å²) in [7, 11) is 0. The van der Waals surface area contributed by atoms with Gasteiger partial charge >= 0.3 is 11.9 Å². The van der Waals surface area contributed by atoms with E-state index in [1.54, 1.807) is 48.5 Å². The van der Waals surface area contributed by atoms with Gasteiger partial charge in [0.25, 0.3) is 0 Å². The van der Waals surface area contributed by atoms with Crippen LogP contribution < -0.4 is 4.74 Å². The lowest BCUT2D eigenvalue weighted by Crippen LogP contribution is -2.02. The van der Waals surface area contributed by atoms with E-state index in [2.05, 4.69) is 0 Å². The Labute approximate surface area is 164 Å². The third-order valence-corrected chi connectivity index (χ3v) is 4.71. The summed E-state index contributed by atoms with van der Waals surface area (Å²) in [5.41, 5.74) is 0.225. The number of carbonyl (C=O) groups excluding carboxylic acids is 1. The number of aldehydes is 1. The van der Waals surface area contributed by atoms with Gasteiger partial charge in [0.15, 0.2) is 6.29 Å². The van der Waals surface area contributed by atoms with Crippen LogP contribution in [0.4, 0.5) is 0 Å². The minimum atomic E-state index is -1.15. The van der Waals surface area contributed by atoms with Crippen LogP contribution in [0.15, 0.2) is 66.7 Å². The van der Waals surface area contributed by atoms with Crippen molar-refractivity contribution in [3.05, 3.63) is 83.4 Å². The van der Waals surface area contributed by atoms with E-state index < -0.39 is 11.9 Å². The van der Waals surface area contributed by atoms with Gasteiger partial charge in [0.2, 0.25) is 0 Å². The van der Waals surface area contributed by atoms with Crippen LogP contribution in [0.1, 0.15) is 31.1 Å². The minimum Gasteiger partial charge on any atom is -0.478 e. The predicted molar refractivity (Wildman–Crippen MR) is 107 cm³/mol. The molecule has 4 rings (SSSR count). The summed E-state index contributed by atoms with van der Waals surface area (Å²) in [6, 6.07) is 17.9. The monoisotopic (exact) mass is 386 g/mol. The maximum absolute atomic E-state index is 11.7. The average Bonchev–Trinajstić information content (AvgIpc) is 2.73. The highest BCUT2D eigenvalue weighted by atomic mass is 16.5. The van der Waals surface area contributed by atoms with E-state index in [0.717, 1.165) is 0 Å². The van der Waals surface area contributed by atoms with E-state index in [1.807, 2.05) is 0 Å². The van der Waals surface area contributed by atoms with Crippen molar-refractivity contribution in [3.8, 4) is 11.5 Å². The van der Waals surface area contributed by atoms with Crippen molar-refractivity contribution < 1.29 is 29.3 Å². The lowest BCUT2D eigenvalue weighted by Gasteiger charge is -2.15. The van der Waals surface area contributed by atoms with E-state index in [4.69, 9.17) is 4.74 Å². The van der Waals surface area contributed by atoms with Crippen LogP contribution in [0.2, 0.25) is 0 Å². The summed E-state index contributed by atoms with van der Waals surface area (Å²) in [4.78, 5) is 34.8. The van der Waals surface area contributed by atoms with Gasteiger partial charge in [-0.25, -0.2) is 9.59 Å². The molecule has 0 amide bonds. The molecule has 0 bridgehead atoms. The summed E-state index contributed by atoms with van der Waals surface area (Å²) in [6.45, 7) is 0. The normalized spacial score (nSPS) is 10.8. The second-order valence-electron chi connectivity index (χ2n) is 6.38. The van der Waals surface area contributed by atoms with Crippen molar-refractivity contribution in [1.29, 1.82) is 0 Å². The van der Waals surface area contributed by atoms with Gasteiger partial charge in [0.1, 0.15) is 11.5 Å². The Hall–Kier alpha value is -4.19. The number of benzene rings is 4. The third kappa shape index (κ3) is 3.06. The number of fused-ring (bicyclic) bond motifs is 2. The van der Waals surface area contributed by atoms with Gasteiger partial charge in [-0.1, -0.05) is 48.5 Å². The molecule has 0 saturated carbocycles. The first-order valence-electron chi connectivity index (χ1n) is 8.68. The van der Waals surface area contributed by atoms with Crippen LogP contribution in [0, 0.1) is 0 Å². The van der Waals surface area contributed by atoms with Crippen molar-refractivity contribution in [2.75, 3.05) is 0 Å². The van der Waals surface area contributed by atoms with Crippen molar-refractivity contribution >= 4 is 39.8 Å². The number of aromatic carboxylic acids is 2. The van der Waals surface area contributed by atoms with E-state index in [1.165, 1.54) is 18.2 Å². The van der Waals surface area contributed by atoms with Crippen molar-refractivity contribution in [2.45, 2.75) is 0 Å². The number of hydrogen-bond donors (Lipinski definition) is 2. The van der Waals surface area contributed by atoms with Gasteiger partial charge in [0.05, 0.1) is 16.7 Å². The van der Waals surface area contributed by atoms with E-state index in [9.17, 15) is 24.6 Å². The molecule has 6 nitrogen and oxygen atoms in total. The molecular weight excluding hydrogens is 372 g/mol. The molecule has 0 aromatic heterocycles. The van der Waals surface area contributed by atoms with Gasteiger partial charge < -0.3 is 14.9 Å². The first-order chi connectivity index (χ1) is 14.0. The third-order valence-electron chi connectivity index (χ3n) is 4.71. The molecule has 0 saturated heterocycles. The Morgan fingerprint density at radius 2 is 1.28 bits per heavy atom.